The number of fused-ring (bicyclic) bond motifs is 1. The highest BCUT2D eigenvalue weighted by Gasteiger charge is 2.27. The van der Waals surface area contributed by atoms with Crippen LogP contribution in [-0.2, 0) is 6.54 Å². The fourth-order valence-corrected chi connectivity index (χ4v) is 2.64. The zero-order valence-electron chi connectivity index (χ0n) is 11.4. The number of aromatic nitrogens is 4. The first kappa shape index (κ1) is 13.1. The molecule has 106 valence electrons. The van der Waals surface area contributed by atoms with Crippen LogP contribution in [0, 0.1) is 0 Å². The number of nitrogens with two attached hydrogens (primary N) is 1. The monoisotopic (exact) mass is 273 g/mol. The van der Waals surface area contributed by atoms with Crippen LogP contribution in [0.25, 0.3) is 0 Å². The molecule has 1 unspecified atom stereocenters. The van der Waals surface area contributed by atoms with Gasteiger partial charge in [-0.05, 0) is 42.3 Å². The van der Waals surface area contributed by atoms with E-state index in [1.807, 2.05) is 22.9 Å². The Labute approximate surface area is 117 Å². The molecule has 1 aliphatic heterocycles. The molecule has 1 aromatic heterocycles. The number of hydrogen-bond acceptors (Lipinski definition) is 5. The standard InChI is InChI=1S/C14H19N5O/c15-8-3-4-9-19-14(16-17-18-19)12-7-10-20-13-6-2-1-5-11(12)13/h1-2,5-6,12H,3-4,7-10,15H2. The molecule has 1 aliphatic rings. The molecule has 3 rings (SSSR count). The molecule has 6 heteroatoms. The molecule has 0 saturated carbocycles. The van der Waals surface area contributed by atoms with Gasteiger partial charge in [-0.1, -0.05) is 18.2 Å². The lowest BCUT2D eigenvalue weighted by Gasteiger charge is -2.24. The second-order valence-electron chi connectivity index (χ2n) is 4.98. The van der Waals surface area contributed by atoms with Gasteiger partial charge >= 0.3 is 0 Å². The lowest BCUT2D eigenvalue weighted by atomic mass is 9.92. The molecule has 1 aromatic carbocycles. The van der Waals surface area contributed by atoms with Gasteiger partial charge in [0.1, 0.15) is 5.75 Å². The average molecular weight is 273 g/mol. The number of para-hydroxylation sites is 1. The van der Waals surface area contributed by atoms with E-state index >= 15 is 0 Å². The molecule has 0 spiro atoms. The molecule has 1 atom stereocenters. The van der Waals surface area contributed by atoms with Gasteiger partial charge in [0.2, 0.25) is 0 Å². The van der Waals surface area contributed by atoms with E-state index in [0.717, 1.165) is 37.4 Å². The van der Waals surface area contributed by atoms with Crippen LogP contribution in [-0.4, -0.2) is 33.4 Å². The maximum absolute atomic E-state index is 5.70. The third-order valence-electron chi connectivity index (χ3n) is 3.65. The lowest BCUT2D eigenvalue weighted by Crippen LogP contribution is -2.19. The fourth-order valence-electron chi connectivity index (χ4n) is 2.64. The minimum absolute atomic E-state index is 0.216. The smallest absolute Gasteiger partial charge is 0.158 e. The first-order valence-corrected chi connectivity index (χ1v) is 7.08. The van der Waals surface area contributed by atoms with Crippen molar-refractivity contribution in [1.29, 1.82) is 0 Å². The van der Waals surface area contributed by atoms with E-state index in [4.69, 9.17) is 10.5 Å². The van der Waals surface area contributed by atoms with Crippen LogP contribution in [0.15, 0.2) is 24.3 Å². The molecular weight excluding hydrogens is 254 g/mol. The predicted octanol–water partition coefficient (Wildman–Crippen LogP) is 1.33. The van der Waals surface area contributed by atoms with Gasteiger partial charge in [0, 0.05) is 12.1 Å². The van der Waals surface area contributed by atoms with Crippen LogP contribution in [0.4, 0.5) is 0 Å². The summed E-state index contributed by atoms with van der Waals surface area (Å²) >= 11 is 0. The Morgan fingerprint density at radius 2 is 2.20 bits per heavy atom. The van der Waals surface area contributed by atoms with Crippen molar-refractivity contribution in [3.8, 4) is 5.75 Å². The van der Waals surface area contributed by atoms with Crippen molar-refractivity contribution < 1.29 is 4.74 Å². The SMILES string of the molecule is NCCCCn1nnnc1C1CCOc2ccccc21. The Kier molecular flexibility index (Phi) is 3.92. The van der Waals surface area contributed by atoms with Gasteiger partial charge in [0.15, 0.2) is 5.82 Å². The summed E-state index contributed by atoms with van der Waals surface area (Å²) in [4.78, 5) is 0. The lowest BCUT2D eigenvalue weighted by molar-refractivity contribution is 0.272. The zero-order valence-corrected chi connectivity index (χ0v) is 11.4. The Balaban J connectivity index is 1.85. The van der Waals surface area contributed by atoms with Gasteiger partial charge in [0.25, 0.3) is 0 Å². The largest absolute Gasteiger partial charge is 0.493 e. The van der Waals surface area contributed by atoms with Crippen molar-refractivity contribution in [1.82, 2.24) is 20.2 Å². The average Bonchev–Trinajstić information content (AvgIpc) is 2.95. The maximum Gasteiger partial charge on any atom is 0.158 e. The van der Waals surface area contributed by atoms with Crippen molar-refractivity contribution >= 4 is 0 Å². The molecule has 0 aliphatic carbocycles. The second-order valence-corrected chi connectivity index (χ2v) is 4.98. The highest BCUT2D eigenvalue weighted by atomic mass is 16.5. The maximum atomic E-state index is 5.70. The fraction of sp³-hybridized carbons (Fsp3) is 0.500. The summed E-state index contributed by atoms with van der Waals surface area (Å²) in [7, 11) is 0. The van der Waals surface area contributed by atoms with E-state index in [1.54, 1.807) is 0 Å². The highest BCUT2D eigenvalue weighted by Crippen LogP contribution is 2.36. The predicted molar refractivity (Wildman–Crippen MR) is 74.5 cm³/mol. The molecule has 0 saturated heterocycles. The summed E-state index contributed by atoms with van der Waals surface area (Å²) in [6, 6.07) is 8.12. The van der Waals surface area contributed by atoms with E-state index in [-0.39, 0.29) is 5.92 Å². The zero-order chi connectivity index (χ0) is 13.8. The quantitative estimate of drug-likeness (QED) is 0.831. The summed E-state index contributed by atoms with van der Waals surface area (Å²) in [6.07, 6.45) is 2.90. The van der Waals surface area contributed by atoms with Crippen LogP contribution in [0.2, 0.25) is 0 Å². The first-order chi connectivity index (χ1) is 9.90. The van der Waals surface area contributed by atoms with Gasteiger partial charge < -0.3 is 10.5 Å². The summed E-state index contributed by atoms with van der Waals surface area (Å²) in [5, 5.41) is 12.2. The van der Waals surface area contributed by atoms with Crippen molar-refractivity contribution in [3.63, 3.8) is 0 Å². The summed E-state index contributed by atoms with van der Waals surface area (Å²) in [6.45, 7) is 2.23. The van der Waals surface area contributed by atoms with Gasteiger partial charge in [-0.25, -0.2) is 4.68 Å². The van der Waals surface area contributed by atoms with Crippen LogP contribution in [0.5, 0.6) is 5.75 Å². The Bertz CT molecular complexity index is 568. The van der Waals surface area contributed by atoms with Crippen LogP contribution >= 0.6 is 0 Å². The molecule has 2 aromatic rings. The van der Waals surface area contributed by atoms with Gasteiger partial charge in [-0.15, -0.1) is 5.10 Å². The van der Waals surface area contributed by atoms with E-state index < -0.39 is 0 Å². The Morgan fingerprint density at radius 3 is 3.10 bits per heavy atom. The number of rotatable bonds is 5. The molecule has 2 N–H and O–H groups in total. The normalized spacial score (nSPS) is 17.6. The summed E-state index contributed by atoms with van der Waals surface area (Å²) < 4.78 is 7.60. The molecular formula is C14H19N5O. The van der Waals surface area contributed by atoms with Crippen molar-refractivity contribution in [2.24, 2.45) is 5.73 Å². The van der Waals surface area contributed by atoms with Crippen molar-refractivity contribution in [2.45, 2.75) is 31.7 Å². The highest BCUT2D eigenvalue weighted by molar-refractivity contribution is 5.40. The topological polar surface area (TPSA) is 78.9 Å². The number of unbranched alkanes of at least 4 members (excludes halogenated alkanes) is 1. The molecule has 0 amide bonds. The van der Waals surface area contributed by atoms with Crippen molar-refractivity contribution in [2.75, 3.05) is 13.2 Å². The van der Waals surface area contributed by atoms with Crippen LogP contribution in [0.1, 0.15) is 36.6 Å². The molecule has 0 fully saturated rings. The van der Waals surface area contributed by atoms with E-state index in [2.05, 4.69) is 21.6 Å². The van der Waals surface area contributed by atoms with Gasteiger partial charge in [-0.3, -0.25) is 0 Å². The summed E-state index contributed by atoms with van der Waals surface area (Å²) in [5.41, 5.74) is 6.71. The number of aryl methyl sites for hydroxylation is 1. The number of hydrogen-bond donors (Lipinski definition) is 1. The van der Waals surface area contributed by atoms with E-state index in [1.165, 1.54) is 5.56 Å². The summed E-state index contributed by atoms with van der Waals surface area (Å²) in [5.74, 6) is 2.09. The Morgan fingerprint density at radius 1 is 1.30 bits per heavy atom. The minimum Gasteiger partial charge on any atom is -0.493 e. The number of nitrogens with zero attached hydrogens (tertiary/aromatic N) is 4. The second kappa shape index (κ2) is 6.00. The molecule has 6 nitrogen and oxygen atoms in total. The van der Waals surface area contributed by atoms with Gasteiger partial charge in [0.05, 0.1) is 12.5 Å². The van der Waals surface area contributed by atoms with Crippen molar-refractivity contribution in [3.05, 3.63) is 35.7 Å². The number of benzene rings is 1. The Hall–Kier alpha value is -1.95. The van der Waals surface area contributed by atoms with E-state index in [0.29, 0.717) is 13.2 Å². The van der Waals surface area contributed by atoms with Crippen LogP contribution in [0.3, 0.4) is 0 Å². The molecule has 0 radical (unpaired) electrons. The molecule has 2 heterocycles. The first-order valence-electron chi connectivity index (χ1n) is 7.08. The minimum atomic E-state index is 0.216. The molecule has 20 heavy (non-hydrogen) atoms. The number of tetrazole rings is 1. The van der Waals surface area contributed by atoms with Gasteiger partial charge in [-0.2, -0.15) is 0 Å². The third kappa shape index (κ3) is 2.51. The van der Waals surface area contributed by atoms with E-state index in [9.17, 15) is 0 Å². The third-order valence-corrected chi connectivity index (χ3v) is 3.65. The van der Waals surface area contributed by atoms with Crippen LogP contribution < -0.4 is 10.5 Å². The number of ether oxygens (including phenoxy) is 1. The molecule has 0 bridgehead atoms.